The average Bonchev–Trinajstić information content (AvgIpc) is 3.05. The zero-order chi connectivity index (χ0) is 16.4. The van der Waals surface area contributed by atoms with E-state index in [0.29, 0.717) is 12.1 Å². The molecule has 1 aliphatic rings. The van der Waals surface area contributed by atoms with Crippen LogP contribution in [0.25, 0.3) is 10.6 Å². The van der Waals surface area contributed by atoms with E-state index in [2.05, 4.69) is 26.2 Å². The van der Waals surface area contributed by atoms with Gasteiger partial charge in [0.15, 0.2) is 9.84 Å². The van der Waals surface area contributed by atoms with Crippen LogP contribution >= 0.6 is 27.3 Å². The smallest absolute Gasteiger partial charge is 0.226 e. The van der Waals surface area contributed by atoms with Gasteiger partial charge < -0.3 is 5.32 Å². The zero-order valence-electron chi connectivity index (χ0n) is 12.2. The van der Waals surface area contributed by atoms with Crippen molar-refractivity contribution in [2.24, 2.45) is 0 Å². The number of hydrogen-bond donors (Lipinski definition) is 1. The van der Waals surface area contributed by atoms with Crippen LogP contribution < -0.4 is 5.32 Å². The maximum absolute atomic E-state index is 12.0. The zero-order valence-corrected chi connectivity index (χ0v) is 15.4. The number of sulfone groups is 1. The average molecular weight is 415 g/mol. The van der Waals surface area contributed by atoms with Crippen LogP contribution in [0.5, 0.6) is 0 Å². The number of thiazole rings is 1. The Balaban J connectivity index is 1.62. The maximum atomic E-state index is 12.0. The number of carbonyl (C=O) groups excluding carboxylic acids is 1. The van der Waals surface area contributed by atoms with E-state index in [-0.39, 0.29) is 29.9 Å². The second-order valence-electron chi connectivity index (χ2n) is 5.50. The van der Waals surface area contributed by atoms with Gasteiger partial charge in [-0.2, -0.15) is 0 Å². The molecule has 2 aromatic rings. The van der Waals surface area contributed by atoms with Crippen molar-refractivity contribution < 1.29 is 13.2 Å². The number of nitrogens with zero attached hydrogens (tertiary/aromatic N) is 1. The van der Waals surface area contributed by atoms with Crippen molar-refractivity contribution in [3.05, 3.63) is 39.8 Å². The van der Waals surface area contributed by atoms with Gasteiger partial charge in [-0.3, -0.25) is 4.79 Å². The molecule has 1 amide bonds. The SMILES string of the molecule is O=C(Cc1csc(-c2cccc(Br)c2)n1)NC1CCS(=O)(=O)C1. The van der Waals surface area contributed by atoms with Gasteiger partial charge in [0.05, 0.1) is 23.6 Å². The highest BCUT2D eigenvalue weighted by atomic mass is 79.9. The van der Waals surface area contributed by atoms with Crippen LogP contribution in [0.2, 0.25) is 0 Å². The Kier molecular flexibility index (Phi) is 4.84. The summed E-state index contributed by atoms with van der Waals surface area (Å²) in [4.78, 5) is 16.5. The van der Waals surface area contributed by atoms with Gasteiger partial charge >= 0.3 is 0 Å². The van der Waals surface area contributed by atoms with Crippen LogP contribution in [0.15, 0.2) is 34.1 Å². The molecule has 1 unspecified atom stereocenters. The lowest BCUT2D eigenvalue weighted by molar-refractivity contribution is -0.121. The Morgan fingerprint density at radius 1 is 1.43 bits per heavy atom. The quantitative estimate of drug-likeness (QED) is 0.832. The van der Waals surface area contributed by atoms with E-state index >= 15 is 0 Å². The fourth-order valence-corrected chi connectivity index (χ4v) is 5.38. The molecule has 5 nitrogen and oxygen atoms in total. The highest BCUT2D eigenvalue weighted by molar-refractivity contribution is 9.10. The van der Waals surface area contributed by atoms with Gasteiger partial charge in [-0.15, -0.1) is 11.3 Å². The number of nitrogens with one attached hydrogen (secondary N) is 1. The Hall–Kier alpha value is -1.25. The molecule has 1 saturated heterocycles. The molecule has 0 radical (unpaired) electrons. The molecule has 1 atom stereocenters. The Morgan fingerprint density at radius 3 is 2.96 bits per heavy atom. The fraction of sp³-hybridized carbons (Fsp3) is 0.333. The second-order valence-corrected chi connectivity index (χ2v) is 9.50. The lowest BCUT2D eigenvalue weighted by atomic mass is 10.2. The predicted molar refractivity (Wildman–Crippen MR) is 94.2 cm³/mol. The summed E-state index contributed by atoms with van der Waals surface area (Å²) in [7, 11) is -2.98. The Morgan fingerprint density at radius 2 is 2.26 bits per heavy atom. The highest BCUT2D eigenvalue weighted by Crippen LogP contribution is 2.26. The molecule has 122 valence electrons. The molecule has 0 bridgehead atoms. The molecular weight excluding hydrogens is 400 g/mol. The topological polar surface area (TPSA) is 76.1 Å². The van der Waals surface area contributed by atoms with Crippen molar-refractivity contribution in [3.63, 3.8) is 0 Å². The summed E-state index contributed by atoms with van der Waals surface area (Å²) in [5, 5.41) is 5.50. The third-order valence-corrected chi connectivity index (χ3v) is 6.76. The van der Waals surface area contributed by atoms with Crippen LogP contribution in [0.1, 0.15) is 12.1 Å². The monoisotopic (exact) mass is 414 g/mol. The van der Waals surface area contributed by atoms with Crippen molar-refractivity contribution in [2.75, 3.05) is 11.5 Å². The van der Waals surface area contributed by atoms with Crippen LogP contribution in [0.4, 0.5) is 0 Å². The number of halogens is 1. The third-order valence-electron chi connectivity index (χ3n) is 3.56. The summed E-state index contributed by atoms with van der Waals surface area (Å²) in [6.45, 7) is 0. The van der Waals surface area contributed by atoms with Crippen molar-refractivity contribution in [2.45, 2.75) is 18.9 Å². The van der Waals surface area contributed by atoms with E-state index in [4.69, 9.17) is 0 Å². The first-order valence-corrected chi connectivity index (χ1v) is 10.6. The highest BCUT2D eigenvalue weighted by Gasteiger charge is 2.28. The molecule has 1 N–H and O–H groups in total. The Labute approximate surface area is 147 Å². The molecule has 8 heteroatoms. The Bertz CT molecular complexity index is 833. The summed E-state index contributed by atoms with van der Waals surface area (Å²) < 4.78 is 23.8. The number of amides is 1. The van der Waals surface area contributed by atoms with Crippen molar-refractivity contribution in [1.29, 1.82) is 0 Å². The molecule has 0 saturated carbocycles. The van der Waals surface area contributed by atoms with Gasteiger partial charge in [0.2, 0.25) is 5.91 Å². The summed E-state index contributed by atoms with van der Waals surface area (Å²) in [5.74, 6) is 0.0130. The molecule has 1 aliphatic heterocycles. The number of carbonyl (C=O) groups is 1. The molecule has 3 rings (SSSR count). The first-order valence-electron chi connectivity index (χ1n) is 7.11. The molecule has 2 heterocycles. The van der Waals surface area contributed by atoms with Crippen LogP contribution in [-0.2, 0) is 21.1 Å². The van der Waals surface area contributed by atoms with Crippen molar-refractivity contribution in [1.82, 2.24) is 10.3 Å². The molecule has 1 aromatic carbocycles. The van der Waals surface area contributed by atoms with Crippen molar-refractivity contribution in [3.8, 4) is 10.6 Å². The van der Waals surface area contributed by atoms with Gasteiger partial charge in [0, 0.05) is 21.5 Å². The van der Waals surface area contributed by atoms with E-state index in [1.54, 1.807) is 0 Å². The third kappa shape index (κ3) is 4.39. The van der Waals surface area contributed by atoms with E-state index in [0.717, 1.165) is 15.0 Å². The number of rotatable bonds is 4. The minimum Gasteiger partial charge on any atom is -0.352 e. The first kappa shape index (κ1) is 16.6. The molecule has 0 aliphatic carbocycles. The van der Waals surface area contributed by atoms with E-state index < -0.39 is 9.84 Å². The first-order chi connectivity index (χ1) is 10.9. The number of benzene rings is 1. The lowest BCUT2D eigenvalue weighted by Crippen LogP contribution is -2.36. The van der Waals surface area contributed by atoms with Gasteiger partial charge in [-0.25, -0.2) is 13.4 Å². The molecule has 1 fully saturated rings. The normalized spacial score (nSPS) is 19.6. The number of aromatic nitrogens is 1. The summed E-state index contributed by atoms with van der Waals surface area (Å²) >= 11 is 4.92. The lowest BCUT2D eigenvalue weighted by Gasteiger charge is -2.09. The van der Waals surface area contributed by atoms with Crippen LogP contribution in [-0.4, -0.2) is 36.9 Å². The minimum atomic E-state index is -2.98. The van der Waals surface area contributed by atoms with Gasteiger partial charge in [0.25, 0.3) is 0 Å². The predicted octanol–water partition coefficient (Wildman–Crippen LogP) is 2.42. The molecule has 1 aromatic heterocycles. The summed E-state index contributed by atoms with van der Waals surface area (Å²) in [5.41, 5.74) is 1.70. The molecular formula is C15H15BrN2O3S2. The van der Waals surface area contributed by atoms with Crippen LogP contribution in [0, 0.1) is 0 Å². The standard InChI is InChI=1S/C15H15BrN2O3S2/c16-11-3-1-2-10(6-11)15-18-13(8-22-15)7-14(19)17-12-4-5-23(20,21)9-12/h1-3,6,8,12H,4-5,7,9H2,(H,17,19). The van der Waals surface area contributed by atoms with Gasteiger partial charge in [0.1, 0.15) is 5.01 Å². The maximum Gasteiger partial charge on any atom is 0.226 e. The fourth-order valence-electron chi connectivity index (χ4n) is 2.49. The summed E-state index contributed by atoms with van der Waals surface area (Å²) in [6.07, 6.45) is 0.662. The second kappa shape index (κ2) is 6.70. The molecule has 23 heavy (non-hydrogen) atoms. The van der Waals surface area contributed by atoms with E-state index in [1.807, 2.05) is 29.6 Å². The minimum absolute atomic E-state index is 0.0408. The van der Waals surface area contributed by atoms with Gasteiger partial charge in [-0.05, 0) is 18.6 Å². The van der Waals surface area contributed by atoms with E-state index in [9.17, 15) is 13.2 Å². The van der Waals surface area contributed by atoms with Gasteiger partial charge in [-0.1, -0.05) is 28.1 Å². The summed E-state index contributed by atoms with van der Waals surface area (Å²) in [6, 6.07) is 7.56. The molecule has 0 spiro atoms. The number of hydrogen-bond acceptors (Lipinski definition) is 5. The van der Waals surface area contributed by atoms with E-state index in [1.165, 1.54) is 11.3 Å². The largest absolute Gasteiger partial charge is 0.352 e. The van der Waals surface area contributed by atoms with Crippen molar-refractivity contribution >= 4 is 43.0 Å². The van der Waals surface area contributed by atoms with Crippen LogP contribution in [0.3, 0.4) is 0 Å².